The SMILES string of the molecule is N#CC(C#N)N1C=CC(=CS(=O)(=O)c2ccccc2)C=C1. The molecule has 21 heavy (non-hydrogen) atoms. The van der Waals surface area contributed by atoms with E-state index < -0.39 is 15.9 Å². The number of rotatable bonds is 3. The zero-order chi connectivity index (χ0) is 15.3. The van der Waals surface area contributed by atoms with Crippen molar-refractivity contribution in [2.24, 2.45) is 0 Å². The fraction of sp³-hybridized carbons (Fsp3) is 0.0667. The van der Waals surface area contributed by atoms with Gasteiger partial charge in [-0.1, -0.05) is 18.2 Å². The second-order valence-electron chi connectivity index (χ2n) is 4.22. The Morgan fingerprint density at radius 1 is 1.05 bits per heavy atom. The predicted molar refractivity (Wildman–Crippen MR) is 76.8 cm³/mol. The molecule has 1 aliphatic heterocycles. The summed E-state index contributed by atoms with van der Waals surface area (Å²) in [4.78, 5) is 1.63. The zero-order valence-corrected chi connectivity index (χ0v) is 11.7. The van der Waals surface area contributed by atoms with E-state index in [1.54, 1.807) is 30.4 Å². The monoisotopic (exact) mass is 297 g/mol. The Balaban J connectivity index is 2.24. The molecule has 0 bridgehead atoms. The van der Waals surface area contributed by atoms with Gasteiger partial charge < -0.3 is 4.90 Å². The molecular formula is C15H11N3O2S. The van der Waals surface area contributed by atoms with Crippen molar-refractivity contribution >= 4 is 9.84 Å². The van der Waals surface area contributed by atoms with Crippen LogP contribution in [0.25, 0.3) is 0 Å². The van der Waals surface area contributed by atoms with Crippen LogP contribution in [0.1, 0.15) is 0 Å². The molecule has 0 amide bonds. The first-order valence-electron chi connectivity index (χ1n) is 6.02. The van der Waals surface area contributed by atoms with E-state index in [4.69, 9.17) is 10.5 Å². The maximum atomic E-state index is 12.2. The van der Waals surface area contributed by atoms with Crippen molar-refractivity contribution in [2.75, 3.05) is 0 Å². The highest BCUT2D eigenvalue weighted by atomic mass is 32.2. The lowest BCUT2D eigenvalue weighted by Crippen LogP contribution is -2.23. The molecule has 0 spiro atoms. The Labute approximate surface area is 123 Å². The first-order chi connectivity index (χ1) is 10.1. The van der Waals surface area contributed by atoms with Gasteiger partial charge in [0, 0.05) is 17.8 Å². The van der Waals surface area contributed by atoms with Crippen molar-refractivity contribution in [2.45, 2.75) is 10.9 Å². The second-order valence-corrected chi connectivity index (χ2v) is 6.01. The van der Waals surface area contributed by atoms with E-state index in [2.05, 4.69) is 0 Å². The van der Waals surface area contributed by atoms with Crippen LogP contribution in [0.2, 0.25) is 0 Å². The summed E-state index contributed by atoms with van der Waals surface area (Å²) in [6.45, 7) is 0. The van der Waals surface area contributed by atoms with Crippen LogP contribution in [0.5, 0.6) is 0 Å². The Morgan fingerprint density at radius 2 is 1.62 bits per heavy atom. The first-order valence-corrected chi connectivity index (χ1v) is 7.56. The molecule has 0 unspecified atom stereocenters. The minimum absolute atomic E-state index is 0.216. The molecule has 5 nitrogen and oxygen atoms in total. The predicted octanol–water partition coefficient (Wildman–Crippen LogP) is 2.10. The molecule has 104 valence electrons. The number of hydrogen-bond donors (Lipinski definition) is 0. The average Bonchev–Trinajstić information content (AvgIpc) is 2.51. The van der Waals surface area contributed by atoms with Crippen LogP contribution >= 0.6 is 0 Å². The number of allylic oxidation sites excluding steroid dienone is 3. The van der Waals surface area contributed by atoms with E-state index in [-0.39, 0.29) is 4.90 Å². The van der Waals surface area contributed by atoms with Gasteiger partial charge >= 0.3 is 0 Å². The van der Waals surface area contributed by atoms with Crippen molar-refractivity contribution in [3.63, 3.8) is 0 Å². The van der Waals surface area contributed by atoms with Crippen molar-refractivity contribution < 1.29 is 8.42 Å². The summed E-state index contributed by atoms with van der Waals surface area (Å²) in [5.41, 5.74) is 0.477. The topological polar surface area (TPSA) is 85.0 Å². The number of benzene rings is 1. The van der Waals surface area contributed by atoms with E-state index in [1.165, 1.54) is 29.4 Å². The van der Waals surface area contributed by atoms with E-state index in [0.717, 1.165) is 5.41 Å². The van der Waals surface area contributed by atoms with Gasteiger partial charge in [0.2, 0.25) is 6.04 Å². The van der Waals surface area contributed by atoms with Gasteiger partial charge in [-0.3, -0.25) is 0 Å². The standard InChI is InChI=1S/C15H11N3O2S/c16-10-14(11-17)18-8-6-13(7-9-18)12-21(19,20)15-4-2-1-3-5-15/h1-9,12,14H. The maximum Gasteiger partial charge on any atom is 0.208 e. The minimum atomic E-state index is -3.52. The van der Waals surface area contributed by atoms with E-state index in [9.17, 15) is 8.42 Å². The van der Waals surface area contributed by atoms with Crippen LogP contribution in [-0.2, 0) is 9.84 Å². The van der Waals surface area contributed by atoms with Gasteiger partial charge in [0.05, 0.1) is 4.90 Å². The van der Waals surface area contributed by atoms with Crippen LogP contribution in [0, 0.1) is 22.7 Å². The average molecular weight is 297 g/mol. The Hall–Kier alpha value is -2.83. The quantitative estimate of drug-likeness (QED) is 0.853. The van der Waals surface area contributed by atoms with E-state index in [1.807, 2.05) is 12.1 Å². The normalized spacial score (nSPS) is 13.9. The molecule has 0 N–H and O–H groups in total. The van der Waals surface area contributed by atoms with Crippen LogP contribution in [0.4, 0.5) is 0 Å². The van der Waals surface area contributed by atoms with Gasteiger partial charge in [-0.05, 0) is 29.9 Å². The summed E-state index contributed by atoms with van der Waals surface area (Å²) in [6.07, 6.45) is 6.09. The zero-order valence-electron chi connectivity index (χ0n) is 10.9. The number of nitrogens with zero attached hydrogens (tertiary/aromatic N) is 3. The number of hydrogen-bond acceptors (Lipinski definition) is 5. The van der Waals surface area contributed by atoms with Crippen molar-refractivity contribution in [1.29, 1.82) is 10.5 Å². The lowest BCUT2D eigenvalue weighted by Gasteiger charge is -2.18. The van der Waals surface area contributed by atoms with Crippen LogP contribution < -0.4 is 0 Å². The van der Waals surface area contributed by atoms with Gasteiger partial charge in [0.25, 0.3) is 0 Å². The molecule has 1 aliphatic rings. The summed E-state index contributed by atoms with van der Waals surface area (Å²) in [5, 5.41) is 18.7. The van der Waals surface area contributed by atoms with E-state index in [0.29, 0.717) is 5.57 Å². The first kappa shape index (κ1) is 14.6. The summed E-state index contributed by atoms with van der Waals surface area (Å²) in [7, 11) is -3.52. The van der Waals surface area contributed by atoms with Crippen molar-refractivity contribution in [1.82, 2.24) is 4.90 Å². The molecular weight excluding hydrogens is 286 g/mol. The lowest BCUT2D eigenvalue weighted by molar-refractivity contribution is 0.498. The van der Waals surface area contributed by atoms with Gasteiger partial charge in [-0.15, -0.1) is 0 Å². The third kappa shape index (κ3) is 3.38. The highest BCUT2D eigenvalue weighted by Crippen LogP contribution is 2.17. The molecule has 0 aliphatic carbocycles. The summed E-state index contributed by atoms with van der Waals surface area (Å²) >= 11 is 0. The second kappa shape index (κ2) is 6.08. The number of nitriles is 2. The maximum absolute atomic E-state index is 12.2. The Bertz CT molecular complexity index is 764. The molecule has 0 aromatic heterocycles. The van der Waals surface area contributed by atoms with Crippen LogP contribution in [0.3, 0.4) is 0 Å². The largest absolute Gasteiger partial charge is 0.326 e. The smallest absolute Gasteiger partial charge is 0.208 e. The molecule has 1 heterocycles. The Morgan fingerprint density at radius 3 is 2.14 bits per heavy atom. The fourth-order valence-electron chi connectivity index (χ4n) is 1.72. The van der Waals surface area contributed by atoms with Gasteiger partial charge in [-0.2, -0.15) is 10.5 Å². The molecule has 0 radical (unpaired) electrons. The van der Waals surface area contributed by atoms with Crippen LogP contribution in [-0.4, -0.2) is 19.4 Å². The molecule has 1 aromatic carbocycles. The molecule has 6 heteroatoms. The van der Waals surface area contributed by atoms with Gasteiger partial charge in [-0.25, -0.2) is 8.42 Å². The Kier molecular flexibility index (Phi) is 4.22. The molecule has 2 rings (SSSR count). The molecule has 0 fully saturated rings. The molecule has 1 aromatic rings. The summed E-state index contributed by atoms with van der Waals surface area (Å²) < 4.78 is 24.3. The van der Waals surface area contributed by atoms with E-state index >= 15 is 0 Å². The minimum Gasteiger partial charge on any atom is -0.326 e. The van der Waals surface area contributed by atoms with Crippen LogP contribution in [0.15, 0.2) is 70.8 Å². The summed E-state index contributed by atoms with van der Waals surface area (Å²) in [6, 6.07) is 10.9. The van der Waals surface area contributed by atoms with Crippen molar-refractivity contribution in [3.8, 4) is 12.1 Å². The molecule has 0 saturated heterocycles. The third-order valence-electron chi connectivity index (χ3n) is 2.78. The fourth-order valence-corrected chi connectivity index (χ4v) is 2.91. The third-order valence-corrected chi connectivity index (χ3v) is 4.30. The van der Waals surface area contributed by atoms with Gasteiger partial charge in [0.1, 0.15) is 12.1 Å². The summed E-state index contributed by atoms with van der Waals surface area (Å²) in [5.74, 6) is 0. The molecule has 0 saturated carbocycles. The highest BCUT2D eigenvalue weighted by Gasteiger charge is 2.15. The van der Waals surface area contributed by atoms with Gasteiger partial charge in [0.15, 0.2) is 9.84 Å². The number of sulfone groups is 1. The highest BCUT2D eigenvalue weighted by molar-refractivity contribution is 7.94. The van der Waals surface area contributed by atoms with Crippen molar-refractivity contribution in [3.05, 3.63) is 65.9 Å². The lowest BCUT2D eigenvalue weighted by atomic mass is 10.2. The molecule has 0 atom stereocenters.